The Balaban J connectivity index is 1.73. The lowest BCUT2D eigenvalue weighted by atomic mass is 9.83. The zero-order valence-electron chi connectivity index (χ0n) is 13.9. The van der Waals surface area contributed by atoms with Gasteiger partial charge in [0.1, 0.15) is 10.1 Å². The van der Waals surface area contributed by atoms with E-state index >= 15 is 4.39 Å². The lowest BCUT2D eigenvalue weighted by Gasteiger charge is -2.28. The fourth-order valence-corrected chi connectivity index (χ4v) is 4.83. The SMILES string of the molecule is Fc1c(C2CCC(F)(F)CC2)c(Br)n2nc(Cl)nc(NCc3ccsn3)c12. The summed E-state index contributed by atoms with van der Waals surface area (Å²) in [5, 5.41) is 8.89. The van der Waals surface area contributed by atoms with Gasteiger partial charge in [-0.2, -0.15) is 9.36 Å². The van der Waals surface area contributed by atoms with E-state index in [9.17, 15) is 8.78 Å². The van der Waals surface area contributed by atoms with E-state index in [2.05, 4.69) is 35.7 Å². The molecule has 1 N–H and O–H groups in total. The Hall–Kier alpha value is -1.39. The van der Waals surface area contributed by atoms with Crippen LogP contribution in [0.4, 0.5) is 19.0 Å². The zero-order chi connectivity index (χ0) is 19.2. The van der Waals surface area contributed by atoms with Crippen molar-refractivity contribution in [2.45, 2.75) is 44.1 Å². The number of anilines is 1. The summed E-state index contributed by atoms with van der Waals surface area (Å²) in [4.78, 5) is 4.10. The summed E-state index contributed by atoms with van der Waals surface area (Å²) in [7, 11) is 0. The fraction of sp³-hybridized carbons (Fsp3) is 0.438. The second-order valence-corrected chi connectivity index (χ2v) is 8.24. The Kier molecular flexibility index (Phi) is 5.06. The number of halogens is 5. The van der Waals surface area contributed by atoms with E-state index in [0.717, 1.165) is 5.69 Å². The van der Waals surface area contributed by atoms with Gasteiger partial charge in [-0.15, -0.1) is 5.10 Å². The number of hydrogen-bond acceptors (Lipinski definition) is 5. The van der Waals surface area contributed by atoms with Gasteiger partial charge in [0, 0.05) is 23.8 Å². The molecule has 0 saturated heterocycles. The highest BCUT2D eigenvalue weighted by Crippen LogP contribution is 2.45. The number of nitrogens with one attached hydrogen (secondary N) is 1. The lowest BCUT2D eigenvalue weighted by Crippen LogP contribution is -2.24. The van der Waals surface area contributed by atoms with Crippen LogP contribution in [0.15, 0.2) is 16.0 Å². The van der Waals surface area contributed by atoms with Gasteiger partial charge in [0.15, 0.2) is 11.6 Å². The van der Waals surface area contributed by atoms with Crippen LogP contribution in [0.2, 0.25) is 5.28 Å². The number of alkyl halides is 2. The average Bonchev–Trinajstić information content (AvgIpc) is 3.21. The van der Waals surface area contributed by atoms with Crippen molar-refractivity contribution in [2.24, 2.45) is 0 Å². The molecule has 3 aromatic heterocycles. The molecule has 27 heavy (non-hydrogen) atoms. The van der Waals surface area contributed by atoms with Crippen molar-refractivity contribution in [3.05, 3.63) is 38.4 Å². The fourth-order valence-electron chi connectivity index (χ4n) is 3.37. The first-order valence-corrected chi connectivity index (χ1v) is 10.3. The van der Waals surface area contributed by atoms with Crippen LogP contribution in [-0.2, 0) is 6.54 Å². The molecule has 1 fully saturated rings. The van der Waals surface area contributed by atoms with E-state index in [4.69, 9.17) is 11.6 Å². The van der Waals surface area contributed by atoms with Crippen LogP contribution < -0.4 is 5.32 Å². The van der Waals surface area contributed by atoms with Crippen LogP contribution in [0.3, 0.4) is 0 Å². The minimum Gasteiger partial charge on any atom is -0.362 e. The maximum absolute atomic E-state index is 15.3. The molecule has 1 aliphatic rings. The summed E-state index contributed by atoms with van der Waals surface area (Å²) >= 11 is 10.7. The molecule has 0 unspecified atom stereocenters. The van der Waals surface area contributed by atoms with Crippen LogP contribution in [0, 0.1) is 5.82 Å². The second-order valence-electron chi connectivity index (χ2n) is 6.48. The summed E-state index contributed by atoms with van der Waals surface area (Å²) in [6.07, 6.45) is -0.0848. The van der Waals surface area contributed by atoms with Crippen molar-refractivity contribution < 1.29 is 13.2 Å². The Morgan fingerprint density at radius 2 is 2.11 bits per heavy atom. The molecule has 3 heterocycles. The van der Waals surface area contributed by atoms with Crippen molar-refractivity contribution in [2.75, 3.05) is 5.32 Å². The van der Waals surface area contributed by atoms with Gasteiger partial charge in [-0.1, -0.05) is 0 Å². The molecule has 5 nitrogen and oxygen atoms in total. The predicted octanol–water partition coefficient (Wildman–Crippen LogP) is 5.65. The molecule has 1 aliphatic carbocycles. The summed E-state index contributed by atoms with van der Waals surface area (Å²) in [6, 6.07) is 1.84. The first kappa shape index (κ1) is 18.9. The molecule has 0 amide bonds. The average molecular weight is 481 g/mol. The standard InChI is InChI=1S/C16H14BrClF3N5S/c17-13-10(8-1-4-16(20,21)5-2-8)11(19)12-14(23-15(18)24-26(12)13)22-7-9-3-6-27-25-9/h3,6,8H,1-2,4-5,7H2,(H,22,23,24). The maximum atomic E-state index is 15.3. The summed E-state index contributed by atoms with van der Waals surface area (Å²) in [5.74, 6) is -3.28. The number of rotatable bonds is 4. The highest BCUT2D eigenvalue weighted by Gasteiger charge is 2.38. The molecule has 0 aromatic carbocycles. The van der Waals surface area contributed by atoms with E-state index in [-0.39, 0.29) is 48.2 Å². The molecule has 11 heteroatoms. The number of fused-ring (bicyclic) bond motifs is 1. The van der Waals surface area contributed by atoms with E-state index < -0.39 is 11.7 Å². The first-order chi connectivity index (χ1) is 12.9. The molecule has 1 saturated carbocycles. The number of nitrogens with zero attached hydrogens (tertiary/aromatic N) is 4. The molecule has 0 spiro atoms. The Labute approximate surface area is 170 Å². The smallest absolute Gasteiger partial charge is 0.248 e. The topological polar surface area (TPSA) is 55.1 Å². The van der Waals surface area contributed by atoms with Crippen molar-refractivity contribution in [3.8, 4) is 0 Å². The zero-order valence-corrected chi connectivity index (χ0v) is 17.0. The normalized spacial score (nSPS) is 17.5. The molecule has 3 aromatic rings. The predicted molar refractivity (Wildman–Crippen MR) is 101 cm³/mol. The monoisotopic (exact) mass is 479 g/mol. The largest absolute Gasteiger partial charge is 0.362 e. The Morgan fingerprint density at radius 3 is 2.78 bits per heavy atom. The molecular weight excluding hydrogens is 467 g/mol. The van der Waals surface area contributed by atoms with E-state index in [0.29, 0.717) is 16.7 Å². The van der Waals surface area contributed by atoms with Gasteiger partial charge < -0.3 is 5.32 Å². The number of hydrogen-bond donors (Lipinski definition) is 1. The van der Waals surface area contributed by atoms with Crippen LogP contribution in [0.5, 0.6) is 0 Å². The third-order valence-electron chi connectivity index (χ3n) is 4.73. The lowest BCUT2D eigenvalue weighted by molar-refractivity contribution is -0.0384. The van der Waals surface area contributed by atoms with Gasteiger partial charge in [0.2, 0.25) is 11.2 Å². The van der Waals surface area contributed by atoms with Gasteiger partial charge in [-0.25, -0.2) is 17.7 Å². The summed E-state index contributed by atoms with van der Waals surface area (Å²) in [5.41, 5.74) is 1.27. The Bertz CT molecular complexity index is 968. The van der Waals surface area contributed by atoms with Crippen LogP contribution in [0.1, 0.15) is 42.9 Å². The third kappa shape index (κ3) is 3.66. The molecule has 0 aliphatic heterocycles. The van der Waals surface area contributed by atoms with Gasteiger partial charge in [0.25, 0.3) is 0 Å². The highest BCUT2D eigenvalue weighted by molar-refractivity contribution is 9.10. The van der Waals surface area contributed by atoms with Crippen molar-refractivity contribution in [1.29, 1.82) is 0 Å². The maximum Gasteiger partial charge on any atom is 0.248 e. The summed E-state index contributed by atoms with van der Waals surface area (Å²) < 4.78 is 48.2. The van der Waals surface area contributed by atoms with Gasteiger partial charge in [-0.3, -0.25) is 0 Å². The van der Waals surface area contributed by atoms with Crippen LogP contribution in [-0.4, -0.2) is 24.9 Å². The molecule has 0 radical (unpaired) electrons. The van der Waals surface area contributed by atoms with Crippen molar-refractivity contribution in [3.63, 3.8) is 0 Å². The van der Waals surface area contributed by atoms with Gasteiger partial charge >= 0.3 is 0 Å². The van der Waals surface area contributed by atoms with Crippen LogP contribution >= 0.6 is 39.1 Å². The molecule has 144 valence electrons. The van der Waals surface area contributed by atoms with Gasteiger partial charge in [0.05, 0.1) is 12.2 Å². The van der Waals surface area contributed by atoms with Gasteiger partial charge in [-0.05, 0) is 63.9 Å². The minimum atomic E-state index is -2.68. The quantitative estimate of drug-likeness (QED) is 0.525. The minimum absolute atomic E-state index is 0.0549. The molecule has 0 atom stereocenters. The molecule has 0 bridgehead atoms. The summed E-state index contributed by atoms with van der Waals surface area (Å²) in [6.45, 7) is 0.347. The first-order valence-electron chi connectivity index (χ1n) is 8.30. The van der Waals surface area contributed by atoms with E-state index in [1.54, 1.807) is 0 Å². The molecular formula is C16H14BrClF3N5S. The third-order valence-corrected chi connectivity index (χ3v) is 6.25. The molecule has 4 rings (SSSR count). The second kappa shape index (κ2) is 7.21. The van der Waals surface area contributed by atoms with Crippen LogP contribution in [0.25, 0.3) is 5.52 Å². The number of aromatic nitrogens is 4. The van der Waals surface area contributed by atoms with Crippen molar-refractivity contribution in [1.82, 2.24) is 19.0 Å². The highest BCUT2D eigenvalue weighted by atomic mass is 79.9. The Morgan fingerprint density at radius 1 is 1.37 bits per heavy atom. The van der Waals surface area contributed by atoms with E-state index in [1.165, 1.54) is 16.0 Å². The van der Waals surface area contributed by atoms with Crippen molar-refractivity contribution >= 4 is 50.4 Å². The van der Waals surface area contributed by atoms with E-state index in [1.807, 2.05) is 11.4 Å².